The summed E-state index contributed by atoms with van der Waals surface area (Å²) >= 11 is 0. The summed E-state index contributed by atoms with van der Waals surface area (Å²) in [5, 5.41) is 7.26. The quantitative estimate of drug-likeness (QED) is 0.897. The molecule has 1 aliphatic carbocycles. The standard InChI is InChI=1S/C16H26N4O2/c1-10-9-13-14(11(2)22-10)17-18-15(13)16(21)20(4)8-7-19(3)12-5-6-12/h10-12H,5-9H2,1-4H3,(H,17,18)/t10-,11+/m1/s1. The van der Waals surface area contributed by atoms with Crippen LogP contribution in [-0.4, -0.2) is 65.2 Å². The van der Waals surface area contributed by atoms with Gasteiger partial charge in [0.25, 0.3) is 5.91 Å². The number of hydrogen-bond donors (Lipinski definition) is 1. The van der Waals surface area contributed by atoms with Crippen molar-refractivity contribution < 1.29 is 9.53 Å². The molecule has 0 unspecified atom stereocenters. The van der Waals surface area contributed by atoms with Crippen LogP contribution >= 0.6 is 0 Å². The molecule has 1 fully saturated rings. The summed E-state index contributed by atoms with van der Waals surface area (Å²) in [7, 11) is 3.99. The first kappa shape index (κ1) is 15.5. The molecule has 1 aliphatic heterocycles. The van der Waals surface area contributed by atoms with Crippen molar-refractivity contribution in [3.05, 3.63) is 17.0 Å². The van der Waals surface area contributed by atoms with Crippen molar-refractivity contribution in [3.63, 3.8) is 0 Å². The molecule has 0 spiro atoms. The lowest BCUT2D eigenvalue weighted by atomic mass is 9.99. The van der Waals surface area contributed by atoms with E-state index in [1.54, 1.807) is 4.90 Å². The third kappa shape index (κ3) is 3.03. The molecule has 2 heterocycles. The second-order valence-electron chi connectivity index (χ2n) is 6.70. The van der Waals surface area contributed by atoms with Crippen LogP contribution in [0.2, 0.25) is 0 Å². The van der Waals surface area contributed by atoms with E-state index < -0.39 is 0 Å². The number of carbonyl (C=O) groups is 1. The van der Waals surface area contributed by atoms with Gasteiger partial charge in [-0.1, -0.05) is 0 Å². The van der Waals surface area contributed by atoms with Crippen LogP contribution in [0.25, 0.3) is 0 Å². The molecule has 0 aromatic carbocycles. The highest BCUT2D eigenvalue weighted by Crippen LogP contribution is 2.30. The van der Waals surface area contributed by atoms with Crippen LogP contribution in [0.3, 0.4) is 0 Å². The summed E-state index contributed by atoms with van der Waals surface area (Å²) < 4.78 is 5.78. The van der Waals surface area contributed by atoms with Crippen LogP contribution in [0.1, 0.15) is 54.5 Å². The number of nitrogens with zero attached hydrogens (tertiary/aromatic N) is 3. The average molecular weight is 306 g/mol. The van der Waals surface area contributed by atoms with Gasteiger partial charge in [0.15, 0.2) is 5.69 Å². The van der Waals surface area contributed by atoms with Gasteiger partial charge in [0.05, 0.1) is 17.9 Å². The minimum atomic E-state index is -0.0286. The van der Waals surface area contributed by atoms with Crippen molar-refractivity contribution >= 4 is 5.91 Å². The van der Waals surface area contributed by atoms with Crippen LogP contribution < -0.4 is 0 Å². The van der Waals surface area contributed by atoms with Gasteiger partial charge < -0.3 is 14.5 Å². The Bertz CT molecular complexity index is 552. The summed E-state index contributed by atoms with van der Waals surface area (Å²) in [5.41, 5.74) is 2.54. The first-order chi connectivity index (χ1) is 10.5. The van der Waals surface area contributed by atoms with E-state index in [1.807, 2.05) is 20.9 Å². The number of nitrogens with one attached hydrogen (secondary N) is 1. The lowest BCUT2D eigenvalue weighted by Crippen LogP contribution is -2.36. The number of hydrogen-bond acceptors (Lipinski definition) is 4. The molecule has 2 atom stereocenters. The number of fused-ring (bicyclic) bond motifs is 1. The zero-order valence-corrected chi connectivity index (χ0v) is 13.9. The number of H-pyrrole nitrogens is 1. The fourth-order valence-corrected chi connectivity index (χ4v) is 3.14. The molecule has 6 nitrogen and oxygen atoms in total. The van der Waals surface area contributed by atoms with Crippen molar-refractivity contribution in [3.8, 4) is 0 Å². The van der Waals surface area contributed by atoms with Crippen molar-refractivity contribution in [1.82, 2.24) is 20.0 Å². The summed E-state index contributed by atoms with van der Waals surface area (Å²) in [6, 6.07) is 0.723. The smallest absolute Gasteiger partial charge is 0.274 e. The normalized spacial score (nSPS) is 24.4. The Labute approximate surface area is 131 Å². The molecule has 1 aromatic rings. The number of aromatic amines is 1. The Balaban J connectivity index is 1.67. The van der Waals surface area contributed by atoms with Gasteiger partial charge in [-0.25, -0.2) is 0 Å². The second kappa shape index (κ2) is 6.01. The van der Waals surface area contributed by atoms with E-state index in [0.29, 0.717) is 5.69 Å². The highest BCUT2D eigenvalue weighted by atomic mass is 16.5. The maximum atomic E-state index is 12.7. The number of ether oxygens (including phenoxy) is 1. The molecular formula is C16H26N4O2. The molecular weight excluding hydrogens is 280 g/mol. The molecule has 122 valence electrons. The summed E-state index contributed by atoms with van der Waals surface area (Å²) in [5.74, 6) is 0.00277. The zero-order valence-electron chi connectivity index (χ0n) is 13.9. The van der Waals surface area contributed by atoms with E-state index in [2.05, 4.69) is 22.1 Å². The monoisotopic (exact) mass is 306 g/mol. The van der Waals surface area contributed by atoms with Crippen molar-refractivity contribution in [2.75, 3.05) is 27.2 Å². The Morgan fingerprint density at radius 2 is 2.05 bits per heavy atom. The second-order valence-corrected chi connectivity index (χ2v) is 6.70. The third-order valence-corrected chi connectivity index (χ3v) is 4.74. The molecule has 0 saturated heterocycles. The van der Waals surface area contributed by atoms with E-state index in [-0.39, 0.29) is 18.1 Å². The first-order valence-electron chi connectivity index (χ1n) is 8.15. The Morgan fingerprint density at radius 3 is 2.73 bits per heavy atom. The maximum Gasteiger partial charge on any atom is 0.274 e. The van der Waals surface area contributed by atoms with Crippen molar-refractivity contribution in [2.45, 2.75) is 51.4 Å². The highest BCUT2D eigenvalue weighted by molar-refractivity contribution is 5.94. The van der Waals surface area contributed by atoms with Crippen LogP contribution in [-0.2, 0) is 11.2 Å². The Kier molecular flexibility index (Phi) is 4.23. The molecule has 1 aromatic heterocycles. The number of likely N-dealkylation sites (N-methyl/N-ethyl adjacent to an activating group) is 2. The summed E-state index contributed by atoms with van der Waals surface area (Å²) in [4.78, 5) is 16.8. The number of rotatable bonds is 5. The fourth-order valence-electron chi connectivity index (χ4n) is 3.14. The lowest BCUT2D eigenvalue weighted by Gasteiger charge is -2.26. The average Bonchev–Trinajstić information content (AvgIpc) is 3.24. The maximum absolute atomic E-state index is 12.7. The topological polar surface area (TPSA) is 61.5 Å². The molecule has 0 radical (unpaired) electrons. The molecule has 1 N–H and O–H groups in total. The van der Waals surface area contributed by atoms with Gasteiger partial charge in [0, 0.05) is 38.2 Å². The van der Waals surface area contributed by atoms with E-state index >= 15 is 0 Å². The predicted octanol–water partition coefficient (Wildman–Crippen LogP) is 1.60. The van der Waals surface area contributed by atoms with Gasteiger partial charge in [-0.15, -0.1) is 0 Å². The van der Waals surface area contributed by atoms with Crippen LogP contribution in [0.4, 0.5) is 0 Å². The first-order valence-corrected chi connectivity index (χ1v) is 8.15. The van der Waals surface area contributed by atoms with Crippen LogP contribution in [0.5, 0.6) is 0 Å². The molecule has 1 amide bonds. The van der Waals surface area contributed by atoms with Gasteiger partial charge in [-0.2, -0.15) is 5.10 Å². The van der Waals surface area contributed by atoms with Gasteiger partial charge >= 0.3 is 0 Å². The highest BCUT2D eigenvalue weighted by Gasteiger charge is 2.31. The van der Waals surface area contributed by atoms with Crippen LogP contribution in [0.15, 0.2) is 0 Å². The fraction of sp³-hybridized carbons (Fsp3) is 0.750. The predicted molar refractivity (Wildman–Crippen MR) is 83.9 cm³/mol. The van der Waals surface area contributed by atoms with Gasteiger partial charge in [0.2, 0.25) is 0 Å². The van der Waals surface area contributed by atoms with Gasteiger partial charge in [-0.3, -0.25) is 9.89 Å². The van der Waals surface area contributed by atoms with E-state index in [0.717, 1.165) is 36.8 Å². The molecule has 22 heavy (non-hydrogen) atoms. The lowest BCUT2D eigenvalue weighted by molar-refractivity contribution is -0.00701. The van der Waals surface area contributed by atoms with Crippen molar-refractivity contribution in [2.24, 2.45) is 0 Å². The van der Waals surface area contributed by atoms with E-state index in [9.17, 15) is 4.79 Å². The molecule has 2 aliphatic rings. The van der Waals surface area contributed by atoms with Crippen LogP contribution in [0, 0.1) is 0 Å². The summed E-state index contributed by atoms with van der Waals surface area (Å²) in [6.07, 6.45) is 3.41. The number of carbonyl (C=O) groups excluding carboxylic acids is 1. The number of amides is 1. The SMILES string of the molecule is C[C@@H]1Cc2c(C(=O)N(C)CCN(C)C3CC3)n[nH]c2[C@H](C)O1. The Morgan fingerprint density at radius 1 is 1.32 bits per heavy atom. The minimum absolute atomic E-state index is 0.00277. The molecule has 1 saturated carbocycles. The molecule has 0 bridgehead atoms. The van der Waals surface area contributed by atoms with E-state index in [1.165, 1.54) is 12.8 Å². The Hall–Kier alpha value is -1.40. The van der Waals surface area contributed by atoms with E-state index in [4.69, 9.17) is 4.74 Å². The molecule has 3 rings (SSSR count). The van der Waals surface area contributed by atoms with Gasteiger partial charge in [0.1, 0.15) is 0 Å². The van der Waals surface area contributed by atoms with Gasteiger partial charge in [-0.05, 0) is 33.7 Å². The largest absolute Gasteiger partial charge is 0.369 e. The number of aromatic nitrogens is 2. The third-order valence-electron chi connectivity index (χ3n) is 4.74. The summed E-state index contributed by atoms with van der Waals surface area (Å²) in [6.45, 7) is 5.68. The zero-order chi connectivity index (χ0) is 15.9. The minimum Gasteiger partial charge on any atom is -0.369 e. The molecule has 6 heteroatoms. The van der Waals surface area contributed by atoms with Crippen molar-refractivity contribution in [1.29, 1.82) is 0 Å².